The van der Waals surface area contributed by atoms with Gasteiger partial charge in [0.25, 0.3) is 0 Å². The number of hydrogen-bond donors (Lipinski definition) is 1. The van der Waals surface area contributed by atoms with Crippen molar-refractivity contribution in [2.24, 2.45) is 0 Å². The molecular formula is C8H13N3O4S. The third-order valence-corrected chi connectivity index (χ3v) is 3.63. The number of nitriles is 1. The zero-order chi connectivity index (χ0) is 12.2. The van der Waals surface area contributed by atoms with Gasteiger partial charge in [-0.3, -0.25) is 0 Å². The molecule has 1 N–H and O–H groups in total. The predicted molar refractivity (Wildman–Crippen MR) is 54.4 cm³/mol. The van der Waals surface area contributed by atoms with Crippen molar-refractivity contribution in [3.63, 3.8) is 0 Å². The highest BCUT2D eigenvalue weighted by Crippen LogP contribution is 2.19. The van der Waals surface area contributed by atoms with Crippen molar-refractivity contribution in [2.75, 3.05) is 13.2 Å². The van der Waals surface area contributed by atoms with Gasteiger partial charge in [0, 0.05) is 6.54 Å². The van der Waals surface area contributed by atoms with Crippen LogP contribution in [0.5, 0.6) is 0 Å². The van der Waals surface area contributed by atoms with Gasteiger partial charge >= 0.3 is 16.3 Å². The minimum absolute atomic E-state index is 0.0863. The van der Waals surface area contributed by atoms with E-state index in [1.54, 1.807) is 11.6 Å². The first-order valence-electron chi connectivity index (χ1n) is 4.87. The SMILES string of the molecule is CCOC(=O)NS(=O)(=O)N1CCCC1C#N. The van der Waals surface area contributed by atoms with Gasteiger partial charge in [0.1, 0.15) is 6.04 Å². The van der Waals surface area contributed by atoms with E-state index in [1.165, 1.54) is 0 Å². The van der Waals surface area contributed by atoms with E-state index in [1.807, 2.05) is 6.07 Å². The Morgan fingerprint density at radius 2 is 2.38 bits per heavy atom. The summed E-state index contributed by atoms with van der Waals surface area (Å²) < 4.78 is 30.5. The van der Waals surface area contributed by atoms with Crippen LogP contribution >= 0.6 is 0 Å². The first-order chi connectivity index (χ1) is 7.51. The maximum absolute atomic E-state index is 11.7. The first-order valence-corrected chi connectivity index (χ1v) is 6.31. The third kappa shape index (κ3) is 2.84. The van der Waals surface area contributed by atoms with Crippen molar-refractivity contribution in [1.29, 1.82) is 5.26 Å². The number of rotatable bonds is 3. The largest absolute Gasteiger partial charge is 0.449 e. The summed E-state index contributed by atoms with van der Waals surface area (Å²) in [5.41, 5.74) is 0. The fourth-order valence-electron chi connectivity index (χ4n) is 1.48. The van der Waals surface area contributed by atoms with Gasteiger partial charge in [-0.15, -0.1) is 0 Å². The van der Waals surface area contributed by atoms with Crippen LogP contribution in [0.2, 0.25) is 0 Å². The van der Waals surface area contributed by atoms with E-state index in [2.05, 4.69) is 4.74 Å². The summed E-state index contributed by atoms with van der Waals surface area (Å²) >= 11 is 0. The molecule has 1 fully saturated rings. The monoisotopic (exact) mass is 247 g/mol. The Balaban J connectivity index is 2.71. The van der Waals surface area contributed by atoms with Crippen LogP contribution in [-0.4, -0.2) is 38.0 Å². The van der Waals surface area contributed by atoms with Crippen molar-refractivity contribution >= 4 is 16.3 Å². The van der Waals surface area contributed by atoms with Gasteiger partial charge < -0.3 is 4.74 Å². The molecule has 1 unspecified atom stereocenters. The van der Waals surface area contributed by atoms with E-state index >= 15 is 0 Å². The summed E-state index contributed by atoms with van der Waals surface area (Å²) in [6.07, 6.45) is 0.0773. The van der Waals surface area contributed by atoms with E-state index in [0.717, 1.165) is 4.31 Å². The summed E-state index contributed by atoms with van der Waals surface area (Å²) in [5, 5.41) is 8.74. The zero-order valence-corrected chi connectivity index (χ0v) is 9.66. The Bertz CT molecular complexity index is 400. The molecule has 0 saturated carbocycles. The Labute approximate surface area is 94.2 Å². The van der Waals surface area contributed by atoms with Crippen LogP contribution in [0.1, 0.15) is 19.8 Å². The molecular weight excluding hydrogens is 234 g/mol. The fraction of sp³-hybridized carbons (Fsp3) is 0.750. The fourth-order valence-corrected chi connectivity index (χ4v) is 2.73. The molecule has 1 aliphatic heterocycles. The molecule has 0 aromatic rings. The lowest BCUT2D eigenvalue weighted by atomic mass is 10.2. The highest BCUT2D eigenvalue weighted by Gasteiger charge is 2.35. The van der Waals surface area contributed by atoms with Gasteiger partial charge in [-0.2, -0.15) is 18.0 Å². The number of carbonyl (C=O) groups excluding carboxylic acids is 1. The van der Waals surface area contributed by atoms with Gasteiger partial charge in [-0.1, -0.05) is 0 Å². The molecule has 7 nitrogen and oxygen atoms in total. The molecule has 1 aliphatic rings. The topological polar surface area (TPSA) is 99.5 Å². The van der Waals surface area contributed by atoms with Gasteiger partial charge in [-0.05, 0) is 19.8 Å². The second-order valence-corrected chi connectivity index (χ2v) is 4.85. The molecule has 8 heteroatoms. The number of nitrogens with zero attached hydrogens (tertiary/aromatic N) is 2. The highest BCUT2D eigenvalue weighted by atomic mass is 32.2. The van der Waals surface area contributed by atoms with E-state index in [4.69, 9.17) is 5.26 Å². The highest BCUT2D eigenvalue weighted by molar-refractivity contribution is 7.87. The van der Waals surface area contributed by atoms with Crippen molar-refractivity contribution in [3.8, 4) is 6.07 Å². The second kappa shape index (κ2) is 5.14. The number of ether oxygens (including phenoxy) is 1. The molecule has 1 saturated heterocycles. The Hall–Kier alpha value is -1.33. The van der Waals surface area contributed by atoms with Crippen LogP contribution in [0.3, 0.4) is 0 Å². The van der Waals surface area contributed by atoms with Crippen LogP contribution < -0.4 is 4.72 Å². The number of carbonyl (C=O) groups is 1. The molecule has 0 aliphatic carbocycles. The van der Waals surface area contributed by atoms with Crippen molar-refractivity contribution in [3.05, 3.63) is 0 Å². The van der Waals surface area contributed by atoms with Crippen LogP contribution in [0.15, 0.2) is 0 Å². The Kier molecular flexibility index (Phi) is 4.09. The number of hydrogen-bond acceptors (Lipinski definition) is 5. The molecule has 0 aromatic heterocycles. The smallest absolute Gasteiger partial charge is 0.421 e. The summed E-state index contributed by atoms with van der Waals surface area (Å²) in [4.78, 5) is 11.0. The second-order valence-electron chi connectivity index (χ2n) is 3.23. The first kappa shape index (κ1) is 12.7. The van der Waals surface area contributed by atoms with Crippen LogP contribution in [0.25, 0.3) is 0 Å². The van der Waals surface area contributed by atoms with Gasteiger partial charge in [0.05, 0.1) is 12.7 Å². The minimum Gasteiger partial charge on any atom is -0.449 e. The lowest BCUT2D eigenvalue weighted by molar-refractivity contribution is 0.158. The molecule has 0 radical (unpaired) electrons. The van der Waals surface area contributed by atoms with Gasteiger partial charge in [0.15, 0.2) is 0 Å². The maximum Gasteiger partial charge on any atom is 0.421 e. The molecule has 0 spiro atoms. The standard InChI is InChI=1S/C8H13N3O4S/c1-2-15-8(12)10-16(13,14)11-5-3-4-7(11)6-9/h7H,2-5H2,1H3,(H,10,12). The molecule has 0 aromatic carbocycles. The predicted octanol–water partition coefficient (Wildman–Crippen LogP) is -0.0347. The summed E-state index contributed by atoms with van der Waals surface area (Å²) in [5.74, 6) is 0. The van der Waals surface area contributed by atoms with Gasteiger partial charge in [-0.25, -0.2) is 9.52 Å². The zero-order valence-electron chi connectivity index (χ0n) is 8.84. The summed E-state index contributed by atoms with van der Waals surface area (Å²) in [6.45, 7) is 1.90. The summed E-state index contributed by atoms with van der Waals surface area (Å²) in [7, 11) is -3.96. The maximum atomic E-state index is 11.7. The van der Waals surface area contributed by atoms with Crippen molar-refractivity contribution in [2.45, 2.75) is 25.8 Å². The molecule has 1 rings (SSSR count). The molecule has 90 valence electrons. The third-order valence-electron chi connectivity index (χ3n) is 2.15. The molecule has 1 atom stereocenters. The number of nitrogens with one attached hydrogen (secondary N) is 1. The summed E-state index contributed by atoms with van der Waals surface area (Å²) in [6, 6.07) is 1.18. The molecule has 16 heavy (non-hydrogen) atoms. The average Bonchev–Trinajstić information content (AvgIpc) is 2.65. The molecule has 1 amide bonds. The Morgan fingerprint density at radius 3 is 2.94 bits per heavy atom. The quantitative estimate of drug-likeness (QED) is 0.754. The molecule has 1 heterocycles. The van der Waals surface area contributed by atoms with E-state index < -0.39 is 22.3 Å². The van der Waals surface area contributed by atoms with E-state index in [9.17, 15) is 13.2 Å². The van der Waals surface area contributed by atoms with Crippen LogP contribution in [0.4, 0.5) is 4.79 Å². The van der Waals surface area contributed by atoms with Crippen LogP contribution in [-0.2, 0) is 14.9 Å². The lowest BCUT2D eigenvalue weighted by Crippen LogP contribution is -2.45. The lowest BCUT2D eigenvalue weighted by Gasteiger charge is -2.18. The Morgan fingerprint density at radius 1 is 1.69 bits per heavy atom. The van der Waals surface area contributed by atoms with Gasteiger partial charge in [0.2, 0.25) is 0 Å². The van der Waals surface area contributed by atoms with Crippen molar-refractivity contribution < 1.29 is 17.9 Å². The van der Waals surface area contributed by atoms with Crippen molar-refractivity contribution in [1.82, 2.24) is 9.03 Å². The average molecular weight is 247 g/mol. The van der Waals surface area contributed by atoms with Crippen LogP contribution in [0, 0.1) is 11.3 Å². The van der Waals surface area contributed by atoms with E-state index in [-0.39, 0.29) is 13.2 Å². The normalized spacial score (nSPS) is 21.4. The van der Waals surface area contributed by atoms with E-state index in [0.29, 0.717) is 12.8 Å². The minimum atomic E-state index is -3.96. The molecule has 0 bridgehead atoms. The number of amides is 1.